The summed E-state index contributed by atoms with van der Waals surface area (Å²) >= 11 is 0. The molecule has 0 bridgehead atoms. The van der Waals surface area contributed by atoms with Gasteiger partial charge in [0.15, 0.2) is 0 Å². The van der Waals surface area contributed by atoms with Crippen LogP contribution in [-0.4, -0.2) is 24.2 Å². The molecule has 1 atom stereocenters. The van der Waals surface area contributed by atoms with Crippen LogP contribution in [0.25, 0.3) is 0 Å². The van der Waals surface area contributed by atoms with Crippen molar-refractivity contribution in [3.05, 3.63) is 23.5 Å². The minimum absolute atomic E-state index is 0.242. The molecule has 0 saturated heterocycles. The zero-order chi connectivity index (χ0) is 14.1. The Morgan fingerprint density at radius 3 is 2.63 bits per heavy atom. The van der Waals surface area contributed by atoms with Crippen LogP contribution >= 0.6 is 0 Å². The Morgan fingerprint density at radius 1 is 1.21 bits per heavy atom. The molecule has 0 spiro atoms. The molecule has 1 N–H and O–H groups in total. The molecule has 0 aliphatic rings. The van der Waals surface area contributed by atoms with E-state index < -0.39 is 0 Å². The lowest BCUT2D eigenvalue weighted by molar-refractivity contribution is 0.184. The third kappa shape index (κ3) is 5.60. The maximum absolute atomic E-state index is 6.15. The lowest BCUT2D eigenvalue weighted by Crippen LogP contribution is -2.32. The molecule has 108 valence electrons. The molecule has 19 heavy (non-hydrogen) atoms. The number of pyridine rings is 1. The van der Waals surface area contributed by atoms with Crippen LogP contribution in [0.3, 0.4) is 0 Å². The van der Waals surface area contributed by atoms with Crippen molar-refractivity contribution in [1.82, 2.24) is 10.3 Å². The SMILES string of the molecule is CCCNCC(CCC)Oc1ccc(C)nc1CC. The van der Waals surface area contributed by atoms with Gasteiger partial charge in [-0.15, -0.1) is 0 Å². The van der Waals surface area contributed by atoms with Crippen molar-refractivity contribution >= 4 is 0 Å². The first-order valence-corrected chi connectivity index (χ1v) is 7.55. The summed E-state index contributed by atoms with van der Waals surface area (Å²) in [5.74, 6) is 0.949. The largest absolute Gasteiger partial charge is 0.487 e. The number of nitrogens with zero attached hydrogens (tertiary/aromatic N) is 1. The molecule has 3 nitrogen and oxygen atoms in total. The summed E-state index contributed by atoms with van der Waals surface area (Å²) in [6, 6.07) is 4.08. The molecule has 0 aliphatic heterocycles. The Bertz CT molecular complexity index is 366. The maximum Gasteiger partial charge on any atom is 0.141 e. The Hall–Kier alpha value is -1.09. The second kappa shape index (κ2) is 8.92. The van der Waals surface area contributed by atoms with Gasteiger partial charge in [-0.2, -0.15) is 0 Å². The van der Waals surface area contributed by atoms with Crippen LogP contribution in [0, 0.1) is 6.92 Å². The van der Waals surface area contributed by atoms with Gasteiger partial charge in [0.1, 0.15) is 11.9 Å². The molecule has 3 heteroatoms. The topological polar surface area (TPSA) is 34.1 Å². The quantitative estimate of drug-likeness (QED) is 0.693. The third-order valence-electron chi connectivity index (χ3n) is 3.11. The van der Waals surface area contributed by atoms with Crippen molar-refractivity contribution in [3.8, 4) is 5.75 Å². The van der Waals surface area contributed by atoms with E-state index in [4.69, 9.17) is 4.74 Å². The molecule has 0 saturated carbocycles. The Labute approximate surface area is 117 Å². The zero-order valence-corrected chi connectivity index (χ0v) is 12.8. The molecule has 1 aromatic heterocycles. The summed E-state index contributed by atoms with van der Waals surface area (Å²) in [6.07, 6.45) is 4.53. The molecule has 1 heterocycles. The third-order valence-corrected chi connectivity index (χ3v) is 3.11. The van der Waals surface area contributed by atoms with Gasteiger partial charge in [0, 0.05) is 12.2 Å². The van der Waals surface area contributed by atoms with Gasteiger partial charge < -0.3 is 10.1 Å². The first-order valence-electron chi connectivity index (χ1n) is 7.55. The minimum Gasteiger partial charge on any atom is -0.487 e. The molecule has 1 unspecified atom stereocenters. The predicted octanol–water partition coefficient (Wildman–Crippen LogP) is 3.50. The van der Waals surface area contributed by atoms with E-state index in [9.17, 15) is 0 Å². The van der Waals surface area contributed by atoms with Gasteiger partial charge in [-0.25, -0.2) is 0 Å². The molecular formula is C16H28N2O. The molecule has 0 aromatic carbocycles. The average molecular weight is 264 g/mol. The van der Waals surface area contributed by atoms with Gasteiger partial charge in [0.05, 0.1) is 5.69 Å². The predicted molar refractivity (Wildman–Crippen MR) is 80.8 cm³/mol. The maximum atomic E-state index is 6.15. The van der Waals surface area contributed by atoms with Gasteiger partial charge in [-0.05, 0) is 44.9 Å². The van der Waals surface area contributed by atoms with Gasteiger partial charge in [0.2, 0.25) is 0 Å². The Kier molecular flexibility index (Phi) is 7.49. The molecule has 0 aliphatic carbocycles. The van der Waals surface area contributed by atoms with Crippen LogP contribution in [0.4, 0.5) is 0 Å². The summed E-state index contributed by atoms with van der Waals surface area (Å²) in [5.41, 5.74) is 2.12. The number of hydrogen-bond acceptors (Lipinski definition) is 3. The highest BCUT2D eigenvalue weighted by Crippen LogP contribution is 2.20. The summed E-state index contributed by atoms with van der Waals surface area (Å²) in [5, 5.41) is 3.44. The Balaban J connectivity index is 2.66. The lowest BCUT2D eigenvalue weighted by atomic mass is 10.2. The molecule has 1 rings (SSSR count). The van der Waals surface area contributed by atoms with Crippen molar-refractivity contribution in [2.45, 2.75) is 59.5 Å². The van der Waals surface area contributed by atoms with Crippen molar-refractivity contribution in [2.24, 2.45) is 0 Å². The van der Waals surface area contributed by atoms with E-state index in [0.29, 0.717) is 0 Å². The summed E-state index contributed by atoms with van der Waals surface area (Å²) < 4.78 is 6.15. The monoisotopic (exact) mass is 264 g/mol. The van der Waals surface area contributed by atoms with Crippen LogP contribution in [0.5, 0.6) is 5.75 Å². The van der Waals surface area contributed by atoms with E-state index >= 15 is 0 Å². The number of rotatable bonds is 9. The molecule has 0 radical (unpaired) electrons. The normalized spacial score (nSPS) is 12.4. The fraction of sp³-hybridized carbons (Fsp3) is 0.688. The van der Waals surface area contributed by atoms with Gasteiger partial charge in [-0.3, -0.25) is 4.98 Å². The molecule has 0 amide bonds. The highest BCUT2D eigenvalue weighted by Gasteiger charge is 2.12. The van der Waals surface area contributed by atoms with E-state index in [2.05, 4.69) is 37.1 Å². The van der Waals surface area contributed by atoms with Gasteiger partial charge in [-0.1, -0.05) is 27.2 Å². The first-order chi connectivity index (χ1) is 9.21. The summed E-state index contributed by atoms with van der Waals surface area (Å²) in [7, 11) is 0. The second-order valence-electron chi connectivity index (χ2n) is 4.98. The highest BCUT2D eigenvalue weighted by molar-refractivity contribution is 5.29. The average Bonchev–Trinajstić information content (AvgIpc) is 2.41. The van der Waals surface area contributed by atoms with Crippen LogP contribution in [0.2, 0.25) is 0 Å². The van der Waals surface area contributed by atoms with Crippen molar-refractivity contribution in [2.75, 3.05) is 13.1 Å². The van der Waals surface area contributed by atoms with Crippen LogP contribution in [0.1, 0.15) is 51.4 Å². The summed E-state index contributed by atoms with van der Waals surface area (Å²) in [6.45, 7) is 10.5. The lowest BCUT2D eigenvalue weighted by Gasteiger charge is -2.20. The number of nitrogens with one attached hydrogen (secondary N) is 1. The van der Waals surface area contributed by atoms with Gasteiger partial charge in [0.25, 0.3) is 0 Å². The minimum atomic E-state index is 0.242. The number of aromatic nitrogens is 1. The molecule has 0 fully saturated rings. The second-order valence-corrected chi connectivity index (χ2v) is 4.98. The van der Waals surface area contributed by atoms with Crippen molar-refractivity contribution in [1.29, 1.82) is 0 Å². The summed E-state index contributed by atoms with van der Waals surface area (Å²) in [4.78, 5) is 4.56. The Morgan fingerprint density at radius 2 is 2.00 bits per heavy atom. The fourth-order valence-corrected chi connectivity index (χ4v) is 2.10. The van der Waals surface area contributed by atoms with E-state index in [1.807, 2.05) is 13.0 Å². The van der Waals surface area contributed by atoms with Crippen molar-refractivity contribution in [3.63, 3.8) is 0 Å². The number of ether oxygens (including phenoxy) is 1. The van der Waals surface area contributed by atoms with E-state index in [0.717, 1.165) is 55.9 Å². The van der Waals surface area contributed by atoms with E-state index in [1.165, 1.54) is 0 Å². The van der Waals surface area contributed by atoms with E-state index in [1.54, 1.807) is 0 Å². The van der Waals surface area contributed by atoms with Gasteiger partial charge >= 0.3 is 0 Å². The van der Waals surface area contributed by atoms with Crippen LogP contribution < -0.4 is 10.1 Å². The van der Waals surface area contributed by atoms with Crippen molar-refractivity contribution < 1.29 is 4.74 Å². The molecular weight excluding hydrogens is 236 g/mol. The smallest absolute Gasteiger partial charge is 0.141 e. The van der Waals surface area contributed by atoms with Crippen LogP contribution in [0.15, 0.2) is 12.1 Å². The first kappa shape index (κ1) is 16.0. The zero-order valence-electron chi connectivity index (χ0n) is 12.8. The molecule has 1 aromatic rings. The number of aryl methyl sites for hydroxylation is 2. The van der Waals surface area contributed by atoms with E-state index in [-0.39, 0.29) is 6.10 Å². The number of hydrogen-bond donors (Lipinski definition) is 1. The van der Waals surface area contributed by atoms with Crippen LogP contribution in [-0.2, 0) is 6.42 Å². The fourth-order valence-electron chi connectivity index (χ4n) is 2.10. The standard InChI is InChI=1S/C16H28N2O/c1-5-8-14(12-17-11-6-2)19-16-10-9-13(4)18-15(16)7-3/h9-10,14,17H,5-8,11-12H2,1-4H3. The highest BCUT2D eigenvalue weighted by atomic mass is 16.5.